The van der Waals surface area contributed by atoms with E-state index in [0.29, 0.717) is 6.54 Å². The minimum Gasteiger partial charge on any atom is -0.369 e. The Morgan fingerprint density at radius 1 is 1.39 bits per heavy atom. The van der Waals surface area contributed by atoms with Gasteiger partial charge in [0.15, 0.2) is 0 Å². The van der Waals surface area contributed by atoms with Gasteiger partial charge < -0.3 is 11.5 Å². The Labute approximate surface area is 107 Å². The molecule has 0 saturated heterocycles. The first kappa shape index (κ1) is 14.6. The molecule has 18 heavy (non-hydrogen) atoms. The van der Waals surface area contributed by atoms with Crippen LogP contribution in [0.5, 0.6) is 0 Å². The van der Waals surface area contributed by atoms with Crippen LogP contribution in [0.15, 0.2) is 18.2 Å². The molecule has 1 rings (SSSR count). The molecule has 1 amide bonds. The van der Waals surface area contributed by atoms with Crippen molar-refractivity contribution in [2.45, 2.75) is 33.0 Å². The van der Waals surface area contributed by atoms with E-state index >= 15 is 0 Å². The van der Waals surface area contributed by atoms with Crippen LogP contribution in [0.4, 0.5) is 4.39 Å². The first-order valence-corrected chi connectivity index (χ1v) is 5.93. The van der Waals surface area contributed by atoms with Gasteiger partial charge >= 0.3 is 0 Å². The maximum atomic E-state index is 13.1. The van der Waals surface area contributed by atoms with Crippen molar-refractivity contribution < 1.29 is 9.18 Å². The Bertz CT molecular complexity index is 421. The Hall–Kier alpha value is -1.46. The second-order valence-electron chi connectivity index (χ2n) is 4.58. The number of rotatable bonds is 6. The maximum Gasteiger partial charge on any atom is 0.231 e. The number of benzene rings is 1. The topological polar surface area (TPSA) is 72.3 Å². The van der Waals surface area contributed by atoms with E-state index in [1.807, 2.05) is 18.7 Å². The van der Waals surface area contributed by atoms with E-state index in [1.165, 1.54) is 12.1 Å². The summed E-state index contributed by atoms with van der Waals surface area (Å²) in [6.45, 7) is 4.95. The smallest absolute Gasteiger partial charge is 0.231 e. The zero-order valence-electron chi connectivity index (χ0n) is 10.8. The van der Waals surface area contributed by atoms with Crippen molar-refractivity contribution in [1.82, 2.24) is 4.90 Å². The largest absolute Gasteiger partial charge is 0.369 e. The molecule has 0 heterocycles. The number of hydrogen-bond acceptors (Lipinski definition) is 3. The number of carbonyl (C=O) groups excluding carboxylic acids is 1. The summed E-state index contributed by atoms with van der Waals surface area (Å²) in [5.41, 5.74) is 12.5. The van der Waals surface area contributed by atoms with Crippen molar-refractivity contribution in [2.24, 2.45) is 11.5 Å². The molecule has 0 saturated carbocycles. The van der Waals surface area contributed by atoms with Crippen molar-refractivity contribution in [1.29, 1.82) is 0 Å². The average Bonchev–Trinajstić information content (AvgIpc) is 2.29. The van der Waals surface area contributed by atoms with Gasteiger partial charge in [-0.2, -0.15) is 0 Å². The van der Waals surface area contributed by atoms with Gasteiger partial charge in [0.1, 0.15) is 5.82 Å². The lowest BCUT2D eigenvalue weighted by Gasteiger charge is -2.26. The molecule has 0 aliphatic carbocycles. The lowest BCUT2D eigenvalue weighted by molar-refractivity contribution is -0.119. The highest BCUT2D eigenvalue weighted by Crippen LogP contribution is 2.14. The highest BCUT2D eigenvalue weighted by atomic mass is 19.1. The number of primary amides is 1. The van der Waals surface area contributed by atoms with Gasteiger partial charge in [-0.1, -0.05) is 6.07 Å². The van der Waals surface area contributed by atoms with Gasteiger partial charge in [0.05, 0.1) is 6.54 Å². The van der Waals surface area contributed by atoms with Crippen molar-refractivity contribution >= 4 is 5.91 Å². The number of carbonyl (C=O) groups is 1. The van der Waals surface area contributed by atoms with E-state index in [-0.39, 0.29) is 30.9 Å². The van der Waals surface area contributed by atoms with Crippen LogP contribution in [-0.4, -0.2) is 23.4 Å². The molecular formula is C13H20FN3O. The molecule has 100 valence electrons. The normalized spacial score (nSPS) is 11.2. The molecule has 0 aliphatic rings. The summed E-state index contributed by atoms with van der Waals surface area (Å²) in [5, 5.41) is 0. The molecule has 0 spiro atoms. The molecule has 1 aromatic carbocycles. The molecule has 4 nitrogen and oxygen atoms in total. The van der Waals surface area contributed by atoms with Crippen LogP contribution in [0.3, 0.4) is 0 Å². The summed E-state index contributed by atoms with van der Waals surface area (Å²) in [4.78, 5) is 12.9. The molecule has 4 N–H and O–H groups in total. The van der Waals surface area contributed by atoms with E-state index < -0.39 is 0 Å². The molecule has 0 atom stereocenters. The fraction of sp³-hybridized carbons (Fsp3) is 0.462. The second kappa shape index (κ2) is 6.47. The molecule has 0 aliphatic heterocycles. The summed E-state index contributed by atoms with van der Waals surface area (Å²) in [7, 11) is 0. The van der Waals surface area contributed by atoms with Gasteiger partial charge in [0.2, 0.25) is 5.91 Å². The van der Waals surface area contributed by atoms with Crippen LogP contribution in [0, 0.1) is 5.82 Å². The number of nitrogens with two attached hydrogens (primary N) is 2. The SMILES string of the molecule is CC(C)N(CC(N)=O)Cc1ccc(F)cc1CN. The van der Waals surface area contributed by atoms with Crippen LogP contribution in [-0.2, 0) is 17.9 Å². The van der Waals surface area contributed by atoms with Gasteiger partial charge in [0, 0.05) is 19.1 Å². The van der Waals surface area contributed by atoms with Crippen molar-refractivity contribution in [2.75, 3.05) is 6.54 Å². The average molecular weight is 253 g/mol. The molecule has 0 unspecified atom stereocenters. The summed E-state index contributed by atoms with van der Waals surface area (Å²) in [5.74, 6) is -0.676. The minimum atomic E-state index is -0.375. The first-order chi connectivity index (χ1) is 8.43. The third kappa shape index (κ3) is 4.09. The molecular weight excluding hydrogens is 233 g/mol. The minimum absolute atomic E-state index is 0.174. The van der Waals surface area contributed by atoms with Crippen LogP contribution in [0.1, 0.15) is 25.0 Å². The summed E-state index contributed by atoms with van der Waals surface area (Å²) in [6.07, 6.45) is 0. The summed E-state index contributed by atoms with van der Waals surface area (Å²) in [6, 6.07) is 4.71. The molecule has 0 radical (unpaired) electrons. The Morgan fingerprint density at radius 2 is 2.06 bits per heavy atom. The zero-order chi connectivity index (χ0) is 13.7. The monoisotopic (exact) mass is 253 g/mol. The van der Waals surface area contributed by atoms with E-state index in [1.54, 1.807) is 6.07 Å². The van der Waals surface area contributed by atoms with Gasteiger partial charge in [-0.15, -0.1) is 0 Å². The van der Waals surface area contributed by atoms with E-state index in [0.717, 1.165) is 11.1 Å². The maximum absolute atomic E-state index is 13.1. The number of amides is 1. The van der Waals surface area contributed by atoms with E-state index in [4.69, 9.17) is 11.5 Å². The van der Waals surface area contributed by atoms with Crippen molar-refractivity contribution in [3.8, 4) is 0 Å². The lowest BCUT2D eigenvalue weighted by Crippen LogP contribution is -2.38. The van der Waals surface area contributed by atoms with Crippen LogP contribution >= 0.6 is 0 Å². The van der Waals surface area contributed by atoms with Crippen LogP contribution < -0.4 is 11.5 Å². The Balaban J connectivity index is 2.89. The van der Waals surface area contributed by atoms with Gasteiger partial charge in [-0.3, -0.25) is 9.69 Å². The second-order valence-corrected chi connectivity index (χ2v) is 4.58. The van der Waals surface area contributed by atoms with Gasteiger partial charge in [0.25, 0.3) is 0 Å². The van der Waals surface area contributed by atoms with Gasteiger partial charge in [-0.25, -0.2) is 4.39 Å². The van der Waals surface area contributed by atoms with Crippen molar-refractivity contribution in [3.63, 3.8) is 0 Å². The molecule has 5 heteroatoms. The number of halogens is 1. The zero-order valence-corrected chi connectivity index (χ0v) is 10.8. The molecule has 0 fully saturated rings. The van der Waals surface area contributed by atoms with Crippen LogP contribution in [0.2, 0.25) is 0 Å². The number of nitrogens with zero attached hydrogens (tertiary/aromatic N) is 1. The first-order valence-electron chi connectivity index (χ1n) is 5.93. The third-order valence-corrected chi connectivity index (χ3v) is 2.85. The Morgan fingerprint density at radius 3 is 2.56 bits per heavy atom. The lowest BCUT2D eigenvalue weighted by atomic mass is 10.1. The van der Waals surface area contributed by atoms with Crippen LogP contribution in [0.25, 0.3) is 0 Å². The van der Waals surface area contributed by atoms with Crippen molar-refractivity contribution in [3.05, 3.63) is 35.1 Å². The molecule has 0 aromatic heterocycles. The van der Waals surface area contributed by atoms with Gasteiger partial charge in [-0.05, 0) is 37.1 Å². The van der Waals surface area contributed by atoms with E-state index in [2.05, 4.69) is 0 Å². The fourth-order valence-electron chi connectivity index (χ4n) is 1.78. The summed E-state index contributed by atoms with van der Waals surface area (Å²) >= 11 is 0. The predicted octanol–water partition coefficient (Wildman–Crippen LogP) is 0.980. The molecule has 0 bridgehead atoms. The predicted molar refractivity (Wildman–Crippen MR) is 69.0 cm³/mol. The third-order valence-electron chi connectivity index (χ3n) is 2.85. The Kier molecular flexibility index (Phi) is 5.25. The summed E-state index contributed by atoms with van der Waals surface area (Å²) < 4.78 is 13.1. The number of hydrogen-bond donors (Lipinski definition) is 2. The molecule has 1 aromatic rings. The highest BCUT2D eigenvalue weighted by Gasteiger charge is 2.14. The standard InChI is InChI=1S/C13H20FN3O/c1-9(2)17(8-13(16)18)7-10-3-4-12(14)5-11(10)6-15/h3-5,9H,6-8,15H2,1-2H3,(H2,16,18). The van der Waals surface area contributed by atoms with E-state index in [9.17, 15) is 9.18 Å². The highest BCUT2D eigenvalue weighted by molar-refractivity contribution is 5.75. The quantitative estimate of drug-likeness (QED) is 0.793. The fourth-order valence-corrected chi connectivity index (χ4v) is 1.78.